The van der Waals surface area contributed by atoms with Gasteiger partial charge in [-0.05, 0) is 60.2 Å². The topological polar surface area (TPSA) is 43.4 Å². The average molecular weight is 407 g/mol. The Labute approximate surface area is 160 Å². The Morgan fingerprint density at radius 3 is 2.08 bits per heavy atom. The highest BCUT2D eigenvalue weighted by Crippen LogP contribution is 2.16. The molecule has 4 heteroatoms. The van der Waals surface area contributed by atoms with Crippen LogP contribution in [0.2, 0.25) is 0 Å². The zero-order valence-electron chi connectivity index (χ0n) is 13.8. The largest absolute Gasteiger partial charge is 0.423 e. The van der Waals surface area contributed by atoms with E-state index in [-0.39, 0.29) is 5.78 Å². The van der Waals surface area contributed by atoms with Gasteiger partial charge in [-0.1, -0.05) is 52.3 Å². The maximum atomic E-state index is 12.1. The van der Waals surface area contributed by atoms with Crippen LogP contribution in [0.25, 0.3) is 6.08 Å². The van der Waals surface area contributed by atoms with Crippen LogP contribution in [-0.2, 0) is 0 Å². The number of ketones is 1. The highest BCUT2D eigenvalue weighted by molar-refractivity contribution is 9.10. The van der Waals surface area contributed by atoms with Crippen molar-refractivity contribution in [1.29, 1.82) is 0 Å². The minimum Gasteiger partial charge on any atom is -0.423 e. The van der Waals surface area contributed by atoms with Gasteiger partial charge in [-0.25, -0.2) is 4.79 Å². The molecule has 0 radical (unpaired) electrons. The molecule has 0 fully saturated rings. The molecular weight excluding hydrogens is 392 g/mol. The van der Waals surface area contributed by atoms with Crippen LogP contribution in [0.15, 0.2) is 89.4 Å². The van der Waals surface area contributed by atoms with Crippen LogP contribution in [-0.4, -0.2) is 11.8 Å². The van der Waals surface area contributed by atoms with Crippen LogP contribution in [0, 0.1) is 0 Å². The van der Waals surface area contributed by atoms with Gasteiger partial charge in [0.05, 0.1) is 5.56 Å². The van der Waals surface area contributed by atoms with Crippen LogP contribution in [0.4, 0.5) is 0 Å². The zero-order chi connectivity index (χ0) is 18.4. The van der Waals surface area contributed by atoms with Crippen molar-refractivity contribution < 1.29 is 14.3 Å². The monoisotopic (exact) mass is 406 g/mol. The molecular formula is C22H15BrO3. The number of benzene rings is 3. The van der Waals surface area contributed by atoms with E-state index < -0.39 is 5.97 Å². The molecule has 3 nitrogen and oxygen atoms in total. The summed E-state index contributed by atoms with van der Waals surface area (Å²) in [7, 11) is 0. The van der Waals surface area contributed by atoms with Gasteiger partial charge < -0.3 is 4.74 Å². The number of esters is 1. The molecule has 0 saturated heterocycles. The lowest BCUT2D eigenvalue weighted by molar-refractivity contribution is 0.0734. The summed E-state index contributed by atoms with van der Waals surface area (Å²) in [6, 6.07) is 23.0. The smallest absolute Gasteiger partial charge is 0.343 e. The first-order valence-electron chi connectivity index (χ1n) is 7.97. The lowest BCUT2D eigenvalue weighted by Crippen LogP contribution is -2.07. The Kier molecular flexibility index (Phi) is 5.77. The number of carbonyl (C=O) groups excluding carboxylic acids is 2. The Morgan fingerprint density at radius 1 is 0.769 bits per heavy atom. The standard InChI is InChI=1S/C22H15BrO3/c23-19-11-9-17(10-12-19)21(24)15-8-16-6-13-20(14-7-16)26-22(25)18-4-2-1-3-5-18/h1-15H. The summed E-state index contributed by atoms with van der Waals surface area (Å²) in [6.45, 7) is 0. The Bertz CT molecular complexity index is 927. The third-order valence-electron chi connectivity index (χ3n) is 3.66. The Morgan fingerprint density at radius 2 is 1.42 bits per heavy atom. The van der Waals surface area contributed by atoms with Crippen molar-refractivity contribution in [2.24, 2.45) is 0 Å². The van der Waals surface area contributed by atoms with E-state index in [0.717, 1.165) is 10.0 Å². The van der Waals surface area contributed by atoms with E-state index in [1.807, 2.05) is 18.2 Å². The third kappa shape index (κ3) is 4.77. The van der Waals surface area contributed by atoms with Crippen molar-refractivity contribution in [3.05, 3.63) is 106 Å². The SMILES string of the molecule is O=C(C=Cc1ccc(OC(=O)c2ccccc2)cc1)c1ccc(Br)cc1. The highest BCUT2D eigenvalue weighted by Gasteiger charge is 2.07. The number of rotatable bonds is 5. The van der Waals surface area contributed by atoms with Gasteiger partial charge in [-0.15, -0.1) is 0 Å². The lowest BCUT2D eigenvalue weighted by Gasteiger charge is -2.04. The van der Waals surface area contributed by atoms with Crippen LogP contribution in [0.1, 0.15) is 26.3 Å². The number of halogens is 1. The minimum absolute atomic E-state index is 0.0721. The summed E-state index contributed by atoms with van der Waals surface area (Å²) in [5.74, 6) is -0.0216. The van der Waals surface area contributed by atoms with Gasteiger partial charge in [0.25, 0.3) is 0 Å². The maximum absolute atomic E-state index is 12.1. The lowest BCUT2D eigenvalue weighted by atomic mass is 10.1. The van der Waals surface area contributed by atoms with Crippen molar-refractivity contribution >= 4 is 33.8 Å². The molecule has 0 aliphatic heterocycles. The normalized spacial score (nSPS) is 10.7. The second kappa shape index (κ2) is 8.41. The van der Waals surface area contributed by atoms with Gasteiger partial charge in [-0.2, -0.15) is 0 Å². The van der Waals surface area contributed by atoms with E-state index in [2.05, 4.69) is 15.9 Å². The van der Waals surface area contributed by atoms with Gasteiger partial charge in [0.1, 0.15) is 5.75 Å². The summed E-state index contributed by atoms with van der Waals surface area (Å²) in [4.78, 5) is 24.1. The highest BCUT2D eigenvalue weighted by atomic mass is 79.9. The summed E-state index contributed by atoms with van der Waals surface area (Å²) in [5.41, 5.74) is 1.96. The van der Waals surface area contributed by atoms with Crippen LogP contribution in [0.3, 0.4) is 0 Å². The summed E-state index contributed by atoms with van der Waals surface area (Å²) in [6.07, 6.45) is 3.25. The van der Waals surface area contributed by atoms with Gasteiger partial charge in [-0.3, -0.25) is 4.79 Å². The average Bonchev–Trinajstić information content (AvgIpc) is 2.68. The van der Waals surface area contributed by atoms with E-state index in [0.29, 0.717) is 16.9 Å². The first-order valence-corrected chi connectivity index (χ1v) is 8.76. The van der Waals surface area contributed by atoms with E-state index in [1.54, 1.807) is 66.7 Å². The first kappa shape index (κ1) is 17.8. The van der Waals surface area contributed by atoms with Crippen molar-refractivity contribution in [3.63, 3.8) is 0 Å². The molecule has 0 amide bonds. The van der Waals surface area contributed by atoms with Crippen LogP contribution >= 0.6 is 15.9 Å². The van der Waals surface area contributed by atoms with Crippen LogP contribution in [0.5, 0.6) is 5.75 Å². The van der Waals surface area contributed by atoms with E-state index in [9.17, 15) is 9.59 Å². The van der Waals surface area contributed by atoms with E-state index in [1.165, 1.54) is 6.08 Å². The molecule has 0 bridgehead atoms. The van der Waals surface area contributed by atoms with Crippen molar-refractivity contribution in [1.82, 2.24) is 0 Å². The van der Waals surface area contributed by atoms with Gasteiger partial charge in [0, 0.05) is 10.0 Å². The number of ether oxygens (including phenoxy) is 1. The molecule has 128 valence electrons. The molecule has 0 aromatic heterocycles. The summed E-state index contributed by atoms with van der Waals surface area (Å²) >= 11 is 3.34. The number of allylic oxidation sites excluding steroid dienone is 1. The Hall–Kier alpha value is -2.98. The molecule has 0 atom stereocenters. The molecule has 0 unspecified atom stereocenters. The maximum Gasteiger partial charge on any atom is 0.343 e. The predicted octanol–water partition coefficient (Wildman–Crippen LogP) is 5.56. The molecule has 3 aromatic carbocycles. The molecule has 0 N–H and O–H groups in total. The minimum atomic E-state index is -0.403. The molecule has 0 heterocycles. The van der Waals surface area contributed by atoms with Gasteiger partial charge >= 0.3 is 5.97 Å². The van der Waals surface area contributed by atoms with E-state index in [4.69, 9.17) is 4.74 Å². The molecule has 0 aliphatic rings. The quantitative estimate of drug-likeness (QED) is 0.241. The molecule has 0 spiro atoms. The molecule has 3 rings (SSSR count). The fraction of sp³-hybridized carbons (Fsp3) is 0. The molecule has 0 aliphatic carbocycles. The third-order valence-corrected chi connectivity index (χ3v) is 4.18. The van der Waals surface area contributed by atoms with Gasteiger partial charge in [0.2, 0.25) is 0 Å². The Balaban J connectivity index is 1.63. The number of carbonyl (C=O) groups is 2. The summed E-state index contributed by atoms with van der Waals surface area (Å²) < 4.78 is 6.26. The molecule has 3 aromatic rings. The number of hydrogen-bond donors (Lipinski definition) is 0. The molecule has 26 heavy (non-hydrogen) atoms. The second-order valence-electron chi connectivity index (χ2n) is 5.53. The zero-order valence-corrected chi connectivity index (χ0v) is 15.3. The van der Waals surface area contributed by atoms with Gasteiger partial charge in [0.15, 0.2) is 5.78 Å². The first-order chi connectivity index (χ1) is 12.6. The van der Waals surface area contributed by atoms with Crippen molar-refractivity contribution in [3.8, 4) is 5.75 Å². The predicted molar refractivity (Wildman–Crippen MR) is 105 cm³/mol. The molecule has 0 saturated carbocycles. The van der Waals surface area contributed by atoms with Crippen molar-refractivity contribution in [2.75, 3.05) is 0 Å². The summed E-state index contributed by atoms with van der Waals surface area (Å²) in [5, 5.41) is 0. The fourth-order valence-electron chi connectivity index (χ4n) is 2.27. The number of hydrogen-bond acceptors (Lipinski definition) is 3. The van der Waals surface area contributed by atoms with Crippen LogP contribution < -0.4 is 4.74 Å². The fourth-order valence-corrected chi connectivity index (χ4v) is 2.53. The second-order valence-corrected chi connectivity index (χ2v) is 6.44. The van der Waals surface area contributed by atoms with Crippen molar-refractivity contribution in [2.45, 2.75) is 0 Å². The van der Waals surface area contributed by atoms with E-state index >= 15 is 0 Å².